The molecule has 116 valence electrons. The van der Waals surface area contributed by atoms with E-state index in [4.69, 9.17) is 4.98 Å². The van der Waals surface area contributed by atoms with Crippen molar-refractivity contribution in [2.75, 3.05) is 5.75 Å². The molecule has 6 heteroatoms. The van der Waals surface area contributed by atoms with E-state index in [0.29, 0.717) is 12.8 Å². The second kappa shape index (κ2) is 5.94. The molecular formula is C17H15N3OS2. The Bertz CT molecular complexity index is 925. The largest absolute Gasteiger partial charge is 0.287 e. The van der Waals surface area contributed by atoms with Crippen LogP contribution in [0.25, 0.3) is 10.2 Å². The van der Waals surface area contributed by atoms with Crippen molar-refractivity contribution in [1.29, 1.82) is 0 Å². The Morgan fingerprint density at radius 2 is 2.17 bits per heavy atom. The molecule has 0 bridgehead atoms. The second-order valence-electron chi connectivity index (χ2n) is 5.37. The number of aromatic nitrogens is 3. The van der Waals surface area contributed by atoms with Gasteiger partial charge in [0.1, 0.15) is 0 Å². The molecule has 0 aliphatic carbocycles. The molecule has 0 fully saturated rings. The summed E-state index contributed by atoms with van der Waals surface area (Å²) in [6, 6.07) is 8.10. The van der Waals surface area contributed by atoms with Gasteiger partial charge in [-0.25, -0.2) is 9.97 Å². The number of fused-ring (bicyclic) bond motifs is 2. The Kier molecular flexibility index (Phi) is 3.79. The van der Waals surface area contributed by atoms with E-state index in [1.807, 2.05) is 18.2 Å². The molecule has 0 N–H and O–H groups in total. The van der Waals surface area contributed by atoms with Crippen molar-refractivity contribution < 1.29 is 0 Å². The van der Waals surface area contributed by atoms with E-state index in [1.54, 1.807) is 33.7 Å². The van der Waals surface area contributed by atoms with E-state index in [9.17, 15) is 4.79 Å². The van der Waals surface area contributed by atoms with E-state index >= 15 is 0 Å². The molecule has 0 unspecified atom stereocenters. The molecule has 1 aliphatic rings. The van der Waals surface area contributed by atoms with E-state index in [1.165, 1.54) is 4.70 Å². The van der Waals surface area contributed by atoms with Gasteiger partial charge in [-0.2, -0.15) is 0 Å². The number of rotatable bonds is 4. The SMILES string of the molecule is C=CCc1c(Cc2nc3ccccc3s2)nc2n(c1=O)CCS2. The average molecular weight is 341 g/mol. The van der Waals surface area contributed by atoms with E-state index < -0.39 is 0 Å². The molecule has 4 nitrogen and oxygen atoms in total. The molecule has 2 aromatic heterocycles. The predicted molar refractivity (Wildman–Crippen MR) is 95.5 cm³/mol. The lowest BCUT2D eigenvalue weighted by Gasteiger charge is -2.09. The van der Waals surface area contributed by atoms with Crippen LogP contribution in [0, 0.1) is 0 Å². The van der Waals surface area contributed by atoms with Crippen LogP contribution in [0.15, 0.2) is 46.9 Å². The third kappa shape index (κ3) is 2.62. The molecule has 4 rings (SSSR count). The molecule has 0 saturated heterocycles. The number of allylic oxidation sites excluding steroid dienone is 1. The van der Waals surface area contributed by atoms with Crippen LogP contribution in [0.1, 0.15) is 16.3 Å². The van der Waals surface area contributed by atoms with Gasteiger partial charge in [-0.15, -0.1) is 17.9 Å². The van der Waals surface area contributed by atoms with Crippen molar-refractivity contribution in [3.05, 3.63) is 63.5 Å². The van der Waals surface area contributed by atoms with Gasteiger partial charge in [0.2, 0.25) is 0 Å². The third-order valence-electron chi connectivity index (χ3n) is 3.86. The molecule has 3 aromatic rings. The van der Waals surface area contributed by atoms with Crippen LogP contribution >= 0.6 is 23.1 Å². The highest BCUT2D eigenvalue weighted by Crippen LogP contribution is 2.26. The molecule has 0 saturated carbocycles. The van der Waals surface area contributed by atoms with Gasteiger partial charge in [0.25, 0.3) is 5.56 Å². The second-order valence-corrected chi connectivity index (χ2v) is 7.55. The summed E-state index contributed by atoms with van der Waals surface area (Å²) in [5, 5.41) is 1.83. The highest BCUT2D eigenvalue weighted by Gasteiger charge is 2.20. The Labute approximate surface area is 141 Å². The molecule has 0 atom stereocenters. The first-order chi connectivity index (χ1) is 11.3. The Hall–Kier alpha value is -1.92. The topological polar surface area (TPSA) is 47.8 Å². The van der Waals surface area contributed by atoms with Crippen LogP contribution in [-0.2, 0) is 19.4 Å². The van der Waals surface area contributed by atoms with Gasteiger partial charge in [-0.3, -0.25) is 9.36 Å². The maximum Gasteiger partial charge on any atom is 0.257 e. The van der Waals surface area contributed by atoms with E-state index in [2.05, 4.69) is 17.6 Å². The number of thiazole rings is 1. The number of benzene rings is 1. The van der Waals surface area contributed by atoms with Gasteiger partial charge >= 0.3 is 0 Å². The average Bonchev–Trinajstić information content (AvgIpc) is 3.17. The molecule has 3 heterocycles. The fourth-order valence-electron chi connectivity index (χ4n) is 2.79. The monoisotopic (exact) mass is 341 g/mol. The minimum absolute atomic E-state index is 0.0796. The minimum Gasteiger partial charge on any atom is -0.287 e. The Morgan fingerprint density at radius 1 is 1.30 bits per heavy atom. The lowest BCUT2D eigenvalue weighted by atomic mass is 10.1. The number of nitrogens with zero attached hydrogens (tertiary/aromatic N) is 3. The van der Waals surface area contributed by atoms with Gasteiger partial charge in [0.05, 0.1) is 20.9 Å². The number of para-hydroxylation sites is 1. The number of hydrogen-bond acceptors (Lipinski definition) is 5. The molecular weight excluding hydrogens is 326 g/mol. The molecule has 0 amide bonds. The zero-order chi connectivity index (χ0) is 15.8. The predicted octanol–water partition coefficient (Wildman–Crippen LogP) is 3.28. The van der Waals surface area contributed by atoms with Crippen molar-refractivity contribution in [2.24, 2.45) is 0 Å². The number of hydrogen-bond donors (Lipinski definition) is 0. The van der Waals surface area contributed by atoms with Crippen LogP contribution < -0.4 is 5.56 Å². The van der Waals surface area contributed by atoms with Crippen molar-refractivity contribution in [3.8, 4) is 0 Å². The van der Waals surface area contributed by atoms with Crippen molar-refractivity contribution in [3.63, 3.8) is 0 Å². The maximum atomic E-state index is 12.7. The van der Waals surface area contributed by atoms with Gasteiger partial charge in [-0.1, -0.05) is 30.0 Å². The fraction of sp³-hybridized carbons (Fsp3) is 0.235. The van der Waals surface area contributed by atoms with Crippen LogP contribution in [0.4, 0.5) is 0 Å². The Balaban J connectivity index is 1.79. The summed E-state index contributed by atoms with van der Waals surface area (Å²) in [4.78, 5) is 22.1. The highest BCUT2D eigenvalue weighted by atomic mass is 32.2. The lowest BCUT2D eigenvalue weighted by molar-refractivity contribution is 0.635. The van der Waals surface area contributed by atoms with E-state index in [0.717, 1.165) is 39.2 Å². The summed E-state index contributed by atoms with van der Waals surface area (Å²) < 4.78 is 2.95. The molecule has 23 heavy (non-hydrogen) atoms. The smallest absolute Gasteiger partial charge is 0.257 e. The molecule has 0 radical (unpaired) electrons. The fourth-order valence-corrected chi connectivity index (χ4v) is 4.72. The summed E-state index contributed by atoms with van der Waals surface area (Å²) in [6.07, 6.45) is 2.93. The quantitative estimate of drug-likeness (QED) is 0.540. The summed E-state index contributed by atoms with van der Waals surface area (Å²) in [5.74, 6) is 0.917. The molecule has 0 spiro atoms. The zero-order valence-corrected chi connectivity index (χ0v) is 14.1. The molecule has 1 aliphatic heterocycles. The summed E-state index contributed by atoms with van der Waals surface area (Å²) in [5.41, 5.74) is 2.68. The first-order valence-corrected chi connectivity index (χ1v) is 9.27. The number of thioether (sulfide) groups is 1. The van der Waals surface area contributed by atoms with Crippen LogP contribution in [0.3, 0.4) is 0 Å². The molecule has 1 aromatic carbocycles. The van der Waals surface area contributed by atoms with E-state index in [-0.39, 0.29) is 5.56 Å². The van der Waals surface area contributed by atoms with Crippen LogP contribution in [0.5, 0.6) is 0 Å². The van der Waals surface area contributed by atoms with Crippen molar-refractivity contribution >= 4 is 33.3 Å². The first-order valence-electron chi connectivity index (χ1n) is 7.47. The van der Waals surface area contributed by atoms with Gasteiger partial charge in [-0.05, 0) is 18.6 Å². The summed E-state index contributed by atoms with van der Waals surface area (Å²) >= 11 is 3.31. The Morgan fingerprint density at radius 3 is 3.00 bits per heavy atom. The third-order valence-corrected chi connectivity index (χ3v) is 5.86. The zero-order valence-electron chi connectivity index (χ0n) is 12.5. The van der Waals surface area contributed by atoms with Crippen LogP contribution in [0.2, 0.25) is 0 Å². The van der Waals surface area contributed by atoms with Crippen molar-refractivity contribution in [1.82, 2.24) is 14.5 Å². The standard InChI is InChI=1S/C17H15N3OS2/c1-2-5-11-13(19-17-20(16(11)21)8-9-22-17)10-15-18-12-6-3-4-7-14(12)23-15/h2-4,6-7H,1,5,8-10H2. The maximum absolute atomic E-state index is 12.7. The summed E-state index contributed by atoms with van der Waals surface area (Å²) in [6.45, 7) is 4.53. The van der Waals surface area contributed by atoms with Crippen molar-refractivity contribution in [2.45, 2.75) is 24.5 Å². The normalized spacial score (nSPS) is 13.4. The van der Waals surface area contributed by atoms with Crippen LogP contribution in [-0.4, -0.2) is 20.3 Å². The minimum atomic E-state index is 0.0796. The highest BCUT2D eigenvalue weighted by molar-refractivity contribution is 7.99. The lowest BCUT2D eigenvalue weighted by Crippen LogP contribution is -2.26. The van der Waals surface area contributed by atoms with Gasteiger partial charge < -0.3 is 0 Å². The van der Waals surface area contributed by atoms with Gasteiger partial charge in [0, 0.05) is 24.3 Å². The first kappa shape index (κ1) is 14.7. The summed E-state index contributed by atoms with van der Waals surface area (Å²) in [7, 11) is 0. The van der Waals surface area contributed by atoms with Gasteiger partial charge in [0.15, 0.2) is 5.16 Å².